The number of anilines is 1. The van der Waals surface area contributed by atoms with Gasteiger partial charge in [-0.05, 0) is 36.9 Å². The van der Waals surface area contributed by atoms with E-state index in [-0.39, 0.29) is 17.2 Å². The molecule has 110 valence electrons. The molecular formula is C16H24N2O2. The first kappa shape index (κ1) is 14.9. The molecule has 1 aromatic rings. The highest BCUT2D eigenvalue weighted by Gasteiger charge is 2.52. The lowest BCUT2D eigenvalue weighted by molar-refractivity contribution is -0.120. The zero-order valence-electron chi connectivity index (χ0n) is 12.6. The SMILES string of the molecule is COc1ccccc1N(CCCN)C(=O)C1CC1(C)C. The third kappa shape index (κ3) is 2.96. The highest BCUT2D eigenvalue weighted by molar-refractivity contribution is 5.98. The van der Waals surface area contributed by atoms with Crippen LogP contribution in [0.3, 0.4) is 0 Å². The highest BCUT2D eigenvalue weighted by atomic mass is 16.5. The topological polar surface area (TPSA) is 55.6 Å². The Morgan fingerprint density at radius 3 is 2.65 bits per heavy atom. The summed E-state index contributed by atoms with van der Waals surface area (Å²) >= 11 is 0. The van der Waals surface area contributed by atoms with E-state index in [0.29, 0.717) is 13.1 Å². The Morgan fingerprint density at radius 1 is 1.45 bits per heavy atom. The van der Waals surface area contributed by atoms with Crippen LogP contribution in [0.1, 0.15) is 26.7 Å². The molecule has 1 saturated carbocycles. The molecule has 1 aromatic carbocycles. The van der Waals surface area contributed by atoms with Gasteiger partial charge in [0.1, 0.15) is 5.75 Å². The molecule has 20 heavy (non-hydrogen) atoms. The van der Waals surface area contributed by atoms with Gasteiger partial charge in [-0.25, -0.2) is 0 Å². The van der Waals surface area contributed by atoms with Gasteiger partial charge in [0.2, 0.25) is 5.91 Å². The molecule has 0 aromatic heterocycles. The lowest BCUT2D eigenvalue weighted by Gasteiger charge is -2.25. The molecule has 1 amide bonds. The lowest BCUT2D eigenvalue weighted by atomic mass is 10.1. The second-order valence-electron chi connectivity index (χ2n) is 6.05. The maximum Gasteiger partial charge on any atom is 0.230 e. The number of hydrogen-bond acceptors (Lipinski definition) is 3. The molecule has 1 aliphatic rings. The predicted octanol–water partition coefficient (Wildman–Crippen LogP) is 2.42. The second kappa shape index (κ2) is 5.83. The van der Waals surface area contributed by atoms with Crippen LogP contribution in [0.5, 0.6) is 5.75 Å². The summed E-state index contributed by atoms with van der Waals surface area (Å²) in [6.07, 6.45) is 1.75. The van der Waals surface area contributed by atoms with Gasteiger partial charge in [-0.3, -0.25) is 4.79 Å². The summed E-state index contributed by atoms with van der Waals surface area (Å²) in [5, 5.41) is 0. The van der Waals surface area contributed by atoms with Crippen LogP contribution in [0.25, 0.3) is 0 Å². The number of hydrogen-bond donors (Lipinski definition) is 1. The third-order valence-corrected chi connectivity index (χ3v) is 4.04. The van der Waals surface area contributed by atoms with Crippen LogP contribution in [0.2, 0.25) is 0 Å². The Bertz CT molecular complexity index is 485. The average Bonchev–Trinajstić information content (AvgIpc) is 3.08. The minimum Gasteiger partial charge on any atom is -0.495 e. The summed E-state index contributed by atoms with van der Waals surface area (Å²) in [7, 11) is 1.63. The monoisotopic (exact) mass is 276 g/mol. The van der Waals surface area contributed by atoms with Crippen LogP contribution in [0.4, 0.5) is 5.69 Å². The Kier molecular flexibility index (Phi) is 4.33. The summed E-state index contributed by atoms with van der Waals surface area (Å²) in [6, 6.07) is 7.66. The van der Waals surface area contributed by atoms with E-state index < -0.39 is 0 Å². The van der Waals surface area contributed by atoms with Gasteiger partial charge >= 0.3 is 0 Å². The van der Waals surface area contributed by atoms with Crippen molar-refractivity contribution in [3.63, 3.8) is 0 Å². The average molecular weight is 276 g/mol. The molecule has 0 bridgehead atoms. The van der Waals surface area contributed by atoms with Gasteiger partial charge in [0.25, 0.3) is 0 Å². The summed E-state index contributed by atoms with van der Waals surface area (Å²) in [6.45, 7) is 5.49. The first-order chi connectivity index (χ1) is 9.51. The fourth-order valence-corrected chi connectivity index (χ4v) is 2.53. The van der Waals surface area contributed by atoms with Crippen molar-refractivity contribution in [2.75, 3.05) is 25.1 Å². The number of methoxy groups -OCH3 is 1. The summed E-state index contributed by atoms with van der Waals surface area (Å²) < 4.78 is 5.38. The largest absolute Gasteiger partial charge is 0.495 e. The number of rotatable bonds is 6. The number of para-hydroxylation sites is 2. The minimum atomic E-state index is 0.116. The highest BCUT2D eigenvalue weighted by Crippen LogP contribution is 2.53. The number of benzene rings is 1. The second-order valence-corrected chi connectivity index (χ2v) is 6.05. The van der Waals surface area contributed by atoms with E-state index in [2.05, 4.69) is 13.8 Å². The van der Waals surface area contributed by atoms with Crippen molar-refractivity contribution in [2.45, 2.75) is 26.7 Å². The lowest BCUT2D eigenvalue weighted by Crippen LogP contribution is -2.35. The van der Waals surface area contributed by atoms with Crippen LogP contribution in [-0.2, 0) is 4.79 Å². The van der Waals surface area contributed by atoms with Crippen LogP contribution in [-0.4, -0.2) is 26.1 Å². The van der Waals surface area contributed by atoms with E-state index >= 15 is 0 Å². The quantitative estimate of drug-likeness (QED) is 0.868. The Labute approximate surface area is 120 Å². The van der Waals surface area contributed by atoms with Gasteiger partial charge in [0.05, 0.1) is 12.8 Å². The molecule has 1 aliphatic carbocycles. The molecule has 0 aliphatic heterocycles. The molecule has 4 nitrogen and oxygen atoms in total. The Morgan fingerprint density at radius 2 is 2.10 bits per heavy atom. The summed E-state index contributed by atoms with van der Waals surface area (Å²) in [5.74, 6) is 1.04. The van der Waals surface area contributed by atoms with Crippen molar-refractivity contribution >= 4 is 11.6 Å². The van der Waals surface area contributed by atoms with E-state index in [0.717, 1.165) is 24.3 Å². The standard InChI is InChI=1S/C16H24N2O2/c1-16(2)11-12(16)15(19)18(10-6-9-17)13-7-4-5-8-14(13)20-3/h4-5,7-8,12H,6,9-11,17H2,1-3H3. The molecule has 2 rings (SSSR count). The molecule has 0 heterocycles. The third-order valence-electron chi connectivity index (χ3n) is 4.04. The number of carbonyl (C=O) groups excluding carboxylic acids is 1. The number of nitrogens with zero attached hydrogens (tertiary/aromatic N) is 1. The molecule has 0 saturated heterocycles. The maximum absolute atomic E-state index is 12.7. The number of ether oxygens (including phenoxy) is 1. The summed E-state index contributed by atoms with van der Waals surface area (Å²) in [4.78, 5) is 14.6. The van der Waals surface area contributed by atoms with Gasteiger partial charge in [-0.15, -0.1) is 0 Å². The van der Waals surface area contributed by atoms with Crippen LogP contribution in [0, 0.1) is 11.3 Å². The molecule has 2 N–H and O–H groups in total. The molecule has 1 fully saturated rings. The van der Waals surface area contributed by atoms with Crippen molar-refractivity contribution in [1.29, 1.82) is 0 Å². The summed E-state index contributed by atoms with van der Waals surface area (Å²) in [5.41, 5.74) is 6.57. The molecule has 4 heteroatoms. The van der Waals surface area contributed by atoms with Crippen LogP contribution in [0.15, 0.2) is 24.3 Å². The van der Waals surface area contributed by atoms with E-state index in [1.165, 1.54) is 0 Å². The van der Waals surface area contributed by atoms with E-state index in [1.807, 2.05) is 29.2 Å². The van der Waals surface area contributed by atoms with Crippen molar-refractivity contribution < 1.29 is 9.53 Å². The van der Waals surface area contributed by atoms with Gasteiger partial charge in [0, 0.05) is 12.5 Å². The number of amides is 1. The number of nitrogens with two attached hydrogens (primary N) is 1. The molecule has 1 atom stereocenters. The first-order valence-electron chi connectivity index (χ1n) is 7.15. The van der Waals surface area contributed by atoms with Gasteiger partial charge in [-0.2, -0.15) is 0 Å². The van der Waals surface area contributed by atoms with Crippen molar-refractivity contribution in [2.24, 2.45) is 17.1 Å². The minimum absolute atomic E-state index is 0.116. The van der Waals surface area contributed by atoms with Gasteiger partial charge in [0.15, 0.2) is 0 Å². The van der Waals surface area contributed by atoms with Crippen LogP contribution < -0.4 is 15.4 Å². The van der Waals surface area contributed by atoms with Crippen molar-refractivity contribution in [3.8, 4) is 5.75 Å². The fourth-order valence-electron chi connectivity index (χ4n) is 2.53. The Hall–Kier alpha value is -1.55. The molecule has 0 spiro atoms. The molecular weight excluding hydrogens is 252 g/mol. The Balaban J connectivity index is 2.25. The first-order valence-corrected chi connectivity index (χ1v) is 7.15. The smallest absolute Gasteiger partial charge is 0.230 e. The van der Waals surface area contributed by atoms with E-state index in [9.17, 15) is 4.79 Å². The maximum atomic E-state index is 12.7. The van der Waals surface area contributed by atoms with Gasteiger partial charge in [-0.1, -0.05) is 26.0 Å². The predicted molar refractivity (Wildman–Crippen MR) is 80.9 cm³/mol. The van der Waals surface area contributed by atoms with Crippen molar-refractivity contribution in [1.82, 2.24) is 0 Å². The normalized spacial score (nSPS) is 19.5. The molecule has 0 radical (unpaired) electrons. The zero-order valence-corrected chi connectivity index (χ0v) is 12.6. The van der Waals surface area contributed by atoms with Gasteiger partial charge < -0.3 is 15.4 Å². The van der Waals surface area contributed by atoms with Crippen LogP contribution >= 0.6 is 0 Å². The number of carbonyl (C=O) groups is 1. The zero-order chi connectivity index (χ0) is 14.8. The van der Waals surface area contributed by atoms with Crippen molar-refractivity contribution in [3.05, 3.63) is 24.3 Å². The van der Waals surface area contributed by atoms with E-state index in [4.69, 9.17) is 10.5 Å². The molecule has 1 unspecified atom stereocenters. The van der Waals surface area contributed by atoms with E-state index in [1.54, 1.807) is 7.11 Å². The fraction of sp³-hybridized carbons (Fsp3) is 0.562.